The summed E-state index contributed by atoms with van der Waals surface area (Å²) in [7, 11) is 0. The third-order valence-electron chi connectivity index (χ3n) is 9.43. The van der Waals surface area contributed by atoms with E-state index >= 15 is 0 Å². The molecular formula is C44H26N4. The van der Waals surface area contributed by atoms with E-state index in [4.69, 9.17) is 0 Å². The summed E-state index contributed by atoms with van der Waals surface area (Å²) in [5.74, 6) is 0. The van der Waals surface area contributed by atoms with E-state index in [1.54, 1.807) is 0 Å². The monoisotopic (exact) mass is 610 g/mol. The Bertz CT molecular complexity index is 2760. The molecule has 48 heavy (non-hydrogen) atoms. The molecule has 0 bridgehead atoms. The van der Waals surface area contributed by atoms with Crippen molar-refractivity contribution in [3.8, 4) is 45.8 Å². The second-order valence-electron chi connectivity index (χ2n) is 11.9. The van der Waals surface area contributed by atoms with E-state index in [1.807, 2.05) is 54.6 Å². The molecule has 0 aliphatic rings. The molecule has 0 atom stereocenters. The zero-order valence-corrected chi connectivity index (χ0v) is 25.8. The van der Waals surface area contributed by atoms with Crippen LogP contribution in [0.1, 0.15) is 11.1 Å². The maximum absolute atomic E-state index is 10.4. The maximum atomic E-state index is 10.4. The first kappa shape index (κ1) is 27.4. The molecule has 2 heterocycles. The number of hydrogen-bond donors (Lipinski definition) is 0. The molecule has 9 rings (SSSR count). The predicted molar refractivity (Wildman–Crippen MR) is 195 cm³/mol. The molecule has 0 radical (unpaired) electrons. The van der Waals surface area contributed by atoms with E-state index in [-0.39, 0.29) is 0 Å². The lowest BCUT2D eigenvalue weighted by molar-refractivity contribution is 1.17. The van der Waals surface area contributed by atoms with Crippen LogP contribution in [0.4, 0.5) is 0 Å². The normalized spacial score (nSPS) is 11.3. The first-order chi connectivity index (χ1) is 23.8. The van der Waals surface area contributed by atoms with Gasteiger partial charge in [-0.15, -0.1) is 0 Å². The van der Waals surface area contributed by atoms with E-state index in [0.29, 0.717) is 11.1 Å². The van der Waals surface area contributed by atoms with E-state index in [2.05, 4.69) is 124 Å². The van der Waals surface area contributed by atoms with Gasteiger partial charge in [0.1, 0.15) is 6.07 Å². The Hall–Kier alpha value is -6.88. The lowest BCUT2D eigenvalue weighted by Crippen LogP contribution is -2.00. The Morgan fingerprint density at radius 2 is 0.875 bits per heavy atom. The van der Waals surface area contributed by atoms with Gasteiger partial charge < -0.3 is 9.13 Å². The van der Waals surface area contributed by atoms with E-state index < -0.39 is 0 Å². The number of fused-ring (bicyclic) bond motifs is 6. The summed E-state index contributed by atoms with van der Waals surface area (Å²) < 4.78 is 4.50. The van der Waals surface area contributed by atoms with Crippen LogP contribution in [-0.4, -0.2) is 9.13 Å². The van der Waals surface area contributed by atoms with Crippen molar-refractivity contribution >= 4 is 43.6 Å². The molecule has 4 nitrogen and oxygen atoms in total. The van der Waals surface area contributed by atoms with Crippen LogP contribution in [0.3, 0.4) is 0 Å². The summed E-state index contributed by atoms with van der Waals surface area (Å²) in [6, 6.07) is 58.8. The summed E-state index contributed by atoms with van der Waals surface area (Å²) in [5.41, 5.74) is 11.2. The Labute approximate surface area is 277 Å². The minimum atomic E-state index is 0.605. The zero-order chi connectivity index (χ0) is 32.2. The smallest absolute Gasteiger partial charge is 0.101 e. The third-order valence-corrected chi connectivity index (χ3v) is 9.43. The van der Waals surface area contributed by atoms with Crippen molar-refractivity contribution in [3.63, 3.8) is 0 Å². The van der Waals surface area contributed by atoms with Crippen molar-refractivity contribution in [2.24, 2.45) is 0 Å². The minimum absolute atomic E-state index is 0.605. The van der Waals surface area contributed by atoms with Gasteiger partial charge >= 0.3 is 0 Å². The van der Waals surface area contributed by atoms with Crippen LogP contribution >= 0.6 is 0 Å². The van der Waals surface area contributed by atoms with Crippen LogP contribution in [0.15, 0.2) is 158 Å². The number of rotatable bonds is 4. The van der Waals surface area contributed by atoms with Gasteiger partial charge in [-0.3, -0.25) is 0 Å². The zero-order valence-electron chi connectivity index (χ0n) is 25.8. The Kier molecular flexibility index (Phi) is 6.22. The van der Waals surface area contributed by atoms with Crippen molar-refractivity contribution in [1.82, 2.24) is 9.13 Å². The van der Waals surface area contributed by atoms with Gasteiger partial charge in [-0.1, -0.05) is 109 Å². The highest BCUT2D eigenvalue weighted by Gasteiger charge is 2.21. The minimum Gasteiger partial charge on any atom is -0.309 e. The molecule has 9 aromatic rings. The number of nitrogens with zero attached hydrogens (tertiary/aromatic N) is 4. The number of hydrogen-bond acceptors (Lipinski definition) is 2. The lowest BCUT2D eigenvalue weighted by Gasteiger charge is -2.18. The van der Waals surface area contributed by atoms with Gasteiger partial charge in [-0.2, -0.15) is 10.5 Å². The van der Waals surface area contributed by atoms with E-state index in [1.165, 1.54) is 10.8 Å². The van der Waals surface area contributed by atoms with E-state index in [0.717, 1.165) is 66.5 Å². The van der Waals surface area contributed by atoms with Crippen LogP contribution in [-0.2, 0) is 0 Å². The van der Waals surface area contributed by atoms with Crippen LogP contribution in [0, 0.1) is 22.7 Å². The van der Waals surface area contributed by atoms with Gasteiger partial charge in [0.15, 0.2) is 0 Å². The van der Waals surface area contributed by atoms with Gasteiger partial charge in [-0.05, 0) is 59.7 Å². The summed E-state index contributed by atoms with van der Waals surface area (Å²) in [4.78, 5) is 0. The van der Waals surface area contributed by atoms with Crippen LogP contribution in [0.5, 0.6) is 0 Å². The number of para-hydroxylation sites is 5. The Morgan fingerprint density at radius 1 is 0.375 bits per heavy atom. The molecule has 0 saturated heterocycles. The lowest BCUT2D eigenvalue weighted by atomic mass is 9.91. The molecule has 4 heteroatoms. The highest BCUT2D eigenvalue weighted by molar-refractivity contribution is 6.12. The van der Waals surface area contributed by atoms with Crippen LogP contribution in [0.25, 0.3) is 77.2 Å². The summed E-state index contributed by atoms with van der Waals surface area (Å²) in [5, 5.41) is 25.1. The highest BCUT2D eigenvalue weighted by Crippen LogP contribution is 2.42. The topological polar surface area (TPSA) is 57.4 Å². The summed E-state index contributed by atoms with van der Waals surface area (Å²) in [6.07, 6.45) is 0. The van der Waals surface area contributed by atoms with Gasteiger partial charge in [0.2, 0.25) is 0 Å². The SMILES string of the molecule is N#Cc1ccc(-n2c3ccccc3c3ccccc32)cc1-c1ccccc1-c1ccccc1-n1c2ccccc2c2cccc(C#N)c21. The average Bonchev–Trinajstić information content (AvgIpc) is 3.68. The predicted octanol–water partition coefficient (Wildman–Crippen LogP) is 11.0. The quantitative estimate of drug-likeness (QED) is 0.199. The second-order valence-corrected chi connectivity index (χ2v) is 11.9. The standard InChI is InChI=1S/C44H26N4/c45-27-29-24-25-31(47-40-20-7-4-16-35(40)36-17-5-8-21-41(36)47)26-39(29)33-14-2-1-13-32(33)34-15-3-9-22-42(34)48-43-23-10-6-18-37(43)38-19-11-12-30(28-46)44(38)48/h1-26H. The van der Waals surface area contributed by atoms with Crippen molar-refractivity contribution in [1.29, 1.82) is 10.5 Å². The van der Waals surface area contributed by atoms with Gasteiger partial charge in [0.05, 0.1) is 45.0 Å². The third kappa shape index (κ3) is 4.01. The molecule has 0 fully saturated rings. The van der Waals surface area contributed by atoms with Gasteiger partial charge in [0, 0.05) is 38.4 Å². The molecule has 0 N–H and O–H groups in total. The molecule has 0 amide bonds. The van der Waals surface area contributed by atoms with Gasteiger partial charge in [0.25, 0.3) is 0 Å². The fourth-order valence-electron chi connectivity index (χ4n) is 7.40. The molecule has 0 aliphatic carbocycles. The number of nitriles is 2. The molecule has 0 spiro atoms. The highest BCUT2D eigenvalue weighted by atomic mass is 15.0. The first-order valence-electron chi connectivity index (χ1n) is 15.9. The molecule has 7 aromatic carbocycles. The van der Waals surface area contributed by atoms with E-state index in [9.17, 15) is 10.5 Å². The van der Waals surface area contributed by atoms with Crippen molar-refractivity contribution < 1.29 is 0 Å². The maximum Gasteiger partial charge on any atom is 0.101 e. The molecular weight excluding hydrogens is 585 g/mol. The average molecular weight is 611 g/mol. The Balaban J connectivity index is 1.31. The van der Waals surface area contributed by atoms with Crippen LogP contribution < -0.4 is 0 Å². The fourth-order valence-corrected chi connectivity index (χ4v) is 7.40. The van der Waals surface area contributed by atoms with Crippen molar-refractivity contribution in [2.75, 3.05) is 0 Å². The molecule has 0 saturated carbocycles. The number of benzene rings is 7. The molecule has 0 unspecified atom stereocenters. The van der Waals surface area contributed by atoms with Crippen LogP contribution in [0.2, 0.25) is 0 Å². The summed E-state index contributed by atoms with van der Waals surface area (Å²) in [6.45, 7) is 0. The van der Waals surface area contributed by atoms with Crippen molar-refractivity contribution in [3.05, 3.63) is 169 Å². The Morgan fingerprint density at radius 3 is 1.52 bits per heavy atom. The van der Waals surface area contributed by atoms with Crippen molar-refractivity contribution in [2.45, 2.75) is 0 Å². The molecule has 222 valence electrons. The molecule has 2 aromatic heterocycles. The first-order valence-corrected chi connectivity index (χ1v) is 15.9. The summed E-state index contributed by atoms with van der Waals surface area (Å²) >= 11 is 0. The largest absolute Gasteiger partial charge is 0.309 e. The number of aromatic nitrogens is 2. The molecule has 0 aliphatic heterocycles. The van der Waals surface area contributed by atoms with Gasteiger partial charge in [-0.25, -0.2) is 0 Å². The fraction of sp³-hybridized carbons (Fsp3) is 0. The second kappa shape index (κ2) is 10.9.